The largest absolute Gasteiger partial charge is 0.481 e. The Labute approximate surface area is 314 Å². The third-order valence-corrected chi connectivity index (χ3v) is 10.6. The fraction of sp³-hybridized carbons (Fsp3) is 0.675. The molecule has 5 atom stereocenters. The summed E-state index contributed by atoms with van der Waals surface area (Å²) in [6.45, 7) is 8.07. The Kier molecular flexibility index (Phi) is 19.0. The van der Waals surface area contributed by atoms with Crippen LogP contribution in [-0.4, -0.2) is 106 Å². The summed E-state index contributed by atoms with van der Waals surface area (Å²) in [5.41, 5.74) is 1.21. The van der Waals surface area contributed by atoms with Crippen LogP contribution in [0.25, 0.3) is 0 Å². The van der Waals surface area contributed by atoms with Gasteiger partial charge in [-0.1, -0.05) is 52.2 Å². The second kappa shape index (κ2) is 23.1. The maximum Gasteiger partial charge on any atom is 0.317 e. The third kappa shape index (κ3) is 16.8. The lowest BCUT2D eigenvalue weighted by Crippen LogP contribution is -2.43. The van der Waals surface area contributed by atoms with E-state index in [0.717, 1.165) is 38.5 Å². The van der Waals surface area contributed by atoms with E-state index < -0.39 is 23.7 Å². The van der Waals surface area contributed by atoms with Crippen LogP contribution in [0.5, 0.6) is 0 Å². The van der Waals surface area contributed by atoms with Crippen LogP contribution in [-0.2, 0) is 25.7 Å². The number of carboxylic acids is 3. The van der Waals surface area contributed by atoms with Crippen LogP contribution in [0.4, 0.5) is 4.39 Å². The zero-order valence-electron chi connectivity index (χ0n) is 31.9. The van der Waals surface area contributed by atoms with Crippen molar-refractivity contribution in [1.29, 1.82) is 0 Å². The number of carbonyl (C=O) groups excluding carboxylic acids is 1. The van der Waals surface area contributed by atoms with Crippen LogP contribution >= 0.6 is 0 Å². The highest BCUT2D eigenvalue weighted by molar-refractivity contribution is 5.99. The van der Waals surface area contributed by atoms with Crippen LogP contribution < -0.4 is 10.6 Å². The van der Waals surface area contributed by atoms with Crippen molar-refractivity contribution in [3.05, 3.63) is 47.3 Å². The SMILES string of the molecule is CCC1C=CC(CC)NC(c2cc(F)cc(CNC(=O)CN3CCCC(CC(=O)O)CCCCC(C)C(CCC(=O)O)CCN(CC(=O)O)CC3)c2)=N1. The molecule has 2 aliphatic heterocycles. The molecule has 0 saturated carbocycles. The van der Waals surface area contributed by atoms with Gasteiger partial charge in [-0.2, -0.15) is 0 Å². The van der Waals surface area contributed by atoms with Crippen LogP contribution in [0.3, 0.4) is 0 Å². The Morgan fingerprint density at radius 3 is 2.25 bits per heavy atom. The van der Waals surface area contributed by atoms with E-state index in [-0.39, 0.29) is 68.2 Å². The molecule has 0 aromatic heterocycles. The molecule has 0 aliphatic carbocycles. The number of aliphatic carboxylic acids is 3. The Bertz CT molecular complexity index is 1410. The van der Waals surface area contributed by atoms with Gasteiger partial charge in [-0.3, -0.25) is 34.0 Å². The lowest BCUT2D eigenvalue weighted by molar-refractivity contribution is -0.139. The summed E-state index contributed by atoms with van der Waals surface area (Å²) in [5.74, 6) is -2.35. The van der Waals surface area contributed by atoms with E-state index in [1.165, 1.54) is 12.1 Å². The summed E-state index contributed by atoms with van der Waals surface area (Å²) < 4.78 is 14.9. The number of carboxylic acid groups (broad SMARTS) is 3. The van der Waals surface area contributed by atoms with Gasteiger partial charge in [-0.15, -0.1) is 0 Å². The molecule has 1 aromatic rings. The number of hydrogen-bond donors (Lipinski definition) is 5. The van der Waals surface area contributed by atoms with Gasteiger partial charge in [0, 0.05) is 44.1 Å². The maximum absolute atomic E-state index is 14.9. The molecule has 1 saturated heterocycles. The molecule has 2 aliphatic rings. The molecular formula is C40H62FN5O7. The summed E-state index contributed by atoms with van der Waals surface area (Å²) in [4.78, 5) is 56.9. The Balaban J connectivity index is 1.74. The van der Waals surface area contributed by atoms with Gasteiger partial charge in [0.1, 0.15) is 11.7 Å². The Morgan fingerprint density at radius 2 is 1.57 bits per heavy atom. The first-order valence-corrected chi connectivity index (χ1v) is 19.5. The summed E-state index contributed by atoms with van der Waals surface area (Å²) in [6, 6.07) is 4.74. The Morgan fingerprint density at radius 1 is 0.849 bits per heavy atom. The minimum Gasteiger partial charge on any atom is -0.481 e. The summed E-state index contributed by atoms with van der Waals surface area (Å²) in [5, 5.41) is 35.0. The van der Waals surface area contributed by atoms with Crippen LogP contribution in [0.2, 0.25) is 0 Å². The first-order chi connectivity index (χ1) is 25.3. The average Bonchev–Trinajstić information content (AvgIpc) is 3.32. The van der Waals surface area contributed by atoms with Gasteiger partial charge in [0.2, 0.25) is 5.91 Å². The fourth-order valence-electron chi connectivity index (χ4n) is 7.42. The standard InChI is InChI=1S/C40H62FN5O7/c1-4-34-13-14-35(5-2)44-40(43-34)32-21-30(22-33(41)24-32)25-42-36(47)26-45-17-8-11-29(23-38(50)51)10-7-6-9-28(3)31(12-15-37(48)49)16-18-46(20-19-45)27-39(52)53/h13-14,21-22,24,28-29,31,34-35H,4-12,15-20,23,25-27H2,1-3H3,(H,42,47)(H,43,44)(H,48,49)(H,50,51)(H,52,53). The molecule has 0 spiro atoms. The van der Waals surface area contributed by atoms with Gasteiger partial charge >= 0.3 is 17.9 Å². The van der Waals surface area contributed by atoms with Crippen LogP contribution in [0.15, 0.2) is 35.3 Å². The van der Waals surface area contributed by atoms with E-state index in [1.54, 1.807) is 0 Å². The number of carbonyl (C=O) groups is 4. The van der Waals surface area contributed by atoms with E-state index >= 15 is 0 Å². The first kappa shape index (κ1) is 43.6. The second-order valence-electron chi connectivity index (χ2n) is 14.9. The molecule has 0 bridgehead atoms. The van der Waals surface area contributed by atoms with Gasteiger partial charge in [0.25, 0.3) is 0 Å². The van der Waals surface area contributed by atoms with E-state index in [9.17, 15) is 38.9 Å². The van der Waals surface area contributed by atoms with Crippen molar-refractivity contribution >= 4 is 29.7 Å². The van der Waals surface area contributed by atoms with Crippen molar-refractivity contribution in [3.8, 4) is 0 Å². The number of amides is 1. The van der Waals surface area contributed by atoms with Crippen LogP contribution in [0.1, 0.15) is 109 Å². The molecule has 296 valence electrons. The molecule has 13 heteroatoms. The van der Waals surface area contributed by atoms with Crippen molar-refractivity contribution in [3.63, 3.8) is 0 Å². The van der Waals surface area contributed by atoms with E-state index in [0.29, 0.717) is 68.8 Å². The number of rotatable bonds is 14. The lowest BCUT2D eigenvalue weighted by atomic mass is 9.83. The smallest absolute Gasteiger partial charge is 0.317 e. The van der Waals surface area contributed by atoms with Gasteiger partial charge in [0.15, 0.2) is 0 Å². The lowest BCUT2D eigenvalue weighted by Gasteiger charge is -2.30. The molecule has 1 fully saturated rings. The number of nitrogens with one attached hydrogen (secondary N) is 2. The molecule has 3 rings (SSSR count). The molecular weight excluding hydrogens is 681 g/mol. The molecule has 1 amide bonds. The van der Waals surface area contributed by atoms with E-state index in [4.69, 9.17) is 4.99 Å². The van der Waals surface area contributed by atoms with Crippen molar-refractivity contribution in [1.82, 2.24) is 20.4 Å². The van der Waals surface area contributed by atoms with Gasteiger partial charge in [-0.05, 0) is 99.6 Å². The van der Waals surface area contributed by atoms with Gasteiger partial charge in [0.05, 0.1) is 19.1 Å². The second-order valence-corrected chi connectivity index (χ2v) is 14.9. The highest BCUT2D eigenvalue weighted by Gasteiger charge is 2.23. The van der Waals surface area contributed by atoms with Gasteiger partial charge in [-0.25, -0.2) is 4.39 Å². The summed E-state index contributed by atoms with van der Waals surface area (Å²) in [7, 11) is 0. The molecule has 5 unspecified atom stereocenters. The van der Waals surface area contributed by atoms with Crippen molar-refractivity contribution in [2.24, 2.45) is 22.7 Å². The summed E-state index contributed by atoms with van der Waals surface area (Å²) >= 11 is 0. The number of hydrogen-bond acceptors (Lipinski definition) is 8. The molecule has 12 nitrogen and oxygen atoms in total. The average molecular weight is 744 g/mol. The maximum atomic E-state index is 14.9. The monoisotopic (exact) mass is 743 g/mol. The minimum atomic E-state index is -0.957. The summed E-state index contributed by atoms with van der Waals surface area (Å²) in [6.07, 6.45) is 12.0. The highest BCUT2D eigenvalue weighted by Crippen LogP contribution is 2.28. The molecule has 1 aromatic carbocycles. The number of aliphatic imine (C=N–C) groups is 1. The third-order valence-electron chi connectivity index (χ3n) is 10.6. The predicted octanol–water partition coefficient (Wildman–Crippen LogP) is 5.55. The van der Waals surface area contributed by atoms with Crippen molar-refractivity contribution < 1.29 is 38.9 Å². The number of halogens is 1. The molecule has 5 N–H and O–H groups in total. The molecule has 53 heavy (non-hydrogen) atoms. The fourth-order valence-corrected chi connectivity index (χ4v) is 7.42. The van der Waals surface area contributed by atoms with E-state index in [2.05, 4.69) is 43.6 Å². The topological polar surface area (TPSA) is 172 Å². The number of nitrogens with zero attached hydrogens (tertiary/aromatic N) is 3. The van der Waals surface area contributed by atoms with E-state index in [1.807, 2.05) is 15.9 Å². The Hall–Kier alpha value is -3.84. The van der Waals surface area contributed by atoms with Crippen molar-refractivity contribution in [2.75, 3.05) is 39.3 Å². The normalized spacial score (nSPS) is 24.4. The van der Waals surface area contributed by atoms with Crippen molar-refractivity contribution in [2.45, 2.75) is 116 Å². The predicted molar refractivity (Wildman–Crippen MR) is 203 cm³/mol. The number of benzene rings is 1. The van der Waals surface area contributed by atoms with Gasteiger partial charge < -0.3 is 26.0 Å². The highest BCUT2D eigenvalue weighted by atomic mass is 19.1. The quantitative estimate of drug-likeness (QED) is 0.152. The molecule has 0 radical (unpaired) electrons. The minimum absolute atomic E-state index is 0.00317. The molecule has 2 heterocycles. The number of amidine groups is 1. The van der Waals surface area contributed by atoms with Crippen LogP contribution in [0, 0.1) is 23.6 Å². The first-order valence-electron chi connectivity index (χ1n) is 19.5. The zero-order valence-corrected chi connectivity index (χ0v) is 31.9. The zero-order chi connectivity index (χ0) is 38.8.